The SMILES string of the molecule is CC1C=CC=C(n2c(-c3ccc(-c4ccc5oc(-c6ccc7ncccc7c6)nc5c4)cc3)nc3ccccc32)C1. The molecule has 1 aliphatic rings. The minimum absolute atomic E-state index is 0.497. The highest BCUT2D eigenvalue weighted by Crippen LogP contribution is 2.34. The van der Waals surface area contributed by atoms with E-state index in [1.54, 1.807) is 6.20 Å². The second-order valence-electron chi connectivity index (χ2n) is 10.7. The first-order valence-electron chi connectivity index (χ1n) is 13.9. The lowest BCUT2D eigenvalue weighted by atomic mass is 9.99. The molecular formula is C36H26N4O. The first-order valence-corrected chi connectivity index (χ1v) is 13.9. The van der Waals surface area contributed by atoms with E-state index in [9.17, 15) is 0 Å². The number of nitrogens with zero attached hydrogens (tertiary/aromatic N) is 4. The van der Waals surface area contributed by atoms with E-state index < -0.39 is 0 Å². The van der Waals surface area contributed by atoms with E-state index in [1.165, 1.54) is 5.70 Å². The number of rotatable bonds is 4. The van der Waals surface area contributed by atoms with Crippen molar-refractivity contribution < 1.29 is 4.42 Å². The molecule has 5 nitrogen and oxygen atoms in total. The van der Waals surface area contributed by atoms with Crippen LogP contribution in [0.4, 0.5) is 0 Å². The van der Waals surface area contributed by atoms with Crippen molar-refractivity contribution in [2.45, 2.75) is 13.3 Å². The van der Waals surface area contributed by atoms with E-state index in [0.29, 0.717) is 11.8 Å². The largest absolute Gasteiger partial charge is 0.436 e. The van der Waals surface area contributed by atoms with Gasteiger partial charge in [0.2, 0.25) is 5.89 Å². The molecule has 7 aromatic rings. The summed E-state index contributed by atoms with van der Waals surface area (Å²) in [6.45, 7) is 2.25. The van der Waals surface area contributed by atoms with Gasteiger partial charge in [-0.2, -0.15) is 0 Å². The van der Waals surface area contributed by atoms with Crippen molar-refractivity contribution in [1.82, 2.24) is 19.5 Å². The quantitative estimate of drug-likeness (QED) is 0.228. The van der Waals surface area contributed by atoms with Crippen LogP contribution in [-0.2, 0) is 0 Å². The van der Waals surface area contributed by atoms with Gasteiger partial charge >= 0.3 is 0 Å². The van der Waals surface area contributed by atoms with Gasteiger partial charge in [0.25, 0.3) is 0 Å². The zero-order chi connectivity index (χ0) is 27.3. The van der Waals surface area contributed by atoms with Crippen LogP contribution in [0.2, 0.25) is 0 Å². The van der Waals surface area contributed by atoms with Gasteiger partial charge < -0.3 is 4.42 Å². The average Bonchev–Trinajstić information content (AvgIpc) is 3.63. The molecule has 41 heavy (non-hydrogen) atoms. The van der Waals surface area contributed by atoms with Crippen LogP contribution in [0.25, 0.3) is 72.7 Å². The van der Waals surface area contributed by atoms with Gasteiger partial charge in [-0.05, 0) is 78.1 Å². The van der Waals surface area contributed by atoms with E-state index in [4.69, 9.17) is 14.4 Å². The summed E-state index contributed by atoms with van der Waals surface area (Å²) in [5.41, 5.74) is 10.2. The van der Waals surface area contributed by atoms with Crippen molar-refractivity contribution in [3.63, 3.8) is 0 Å². The minimum Gasteiger partial charge on any atom is -0.436 e. The number of hydrogen-bond acceptors (Lipinski definition) is 4. The van der Waals surface area contributed by atoms with Gasteiger partial charge in [-0.1, -0.05) is 67.6 Å². The minimum atomic E-state index is 0.497. The Balaban J connectivity index is 1.15. The molecule has 1 atom stereocenters. The normalized spacial score (nSPS) is 15.1. The molecule has 0 aliphatic heterocycles. The fourth-order valence-corrected chi connectivity index (χ4v) is 5.75. The Bertz CT molecular complexity index is 2150. The van der Waals surface area contributed by atoms with E-state index >= 15 is 0 Å². The molecule has 0 saturated heterocycles. The second-order valence-corrected chi connectivity index (χ2v) is 10.7. The number of imidazole rings is 1. The maximum Gasteiger partial charge on any atom is 0.227 e. The predicted molar refractivity (Wildman–Crippen MR) is 166 cm³/mol. The van der Waals surface area contributed by atoms with Gasteiger partial charge in [0.1, 0.15) is 11.3 Å². The Hall–Kier alpha value is -5.29. The number of hydrogen-bond donors (Lipinski definition) is 0. The van der Waals surface area contributed by atoms with Crippen LogP contribution >= 0.6 is 0 Å². The Kier molecular flexibility index (Phi) is 5.42. The van der Waals surface area contributed by atoms with Crippen molar-refractivity contribution in [2.24, 2.45) is 5.92 Å². The van der Waals surface area contributed by atoms with Crippen LogP contribution in [0.3, 0.4) is 0 Å². The molecular weight excluding hydrogens is 504 g/mol. The number of fused-ring (bicyclic) bond motifs is 3. The van der Waals surface area contributed by atoms with Gasteiger partial charge in [0.15, 0.2) is 5.58 Å². The Morgan fingerprint density at radius 1 is 0.732 bits per heavy atom. The third kappa shape index (κ3) is 4.14. The lowest BCUT2D eigenvalue weighted by Gasteiger charge is -2.18. The maximum atomic E-state index is 6.13. The summed E-state index contributed by atoms with van der Waals surface area (Å²) >= 11 is 0. The monoisotopic (exact) mass is 530 g/mol. The molecule has 0 N–H and O–H groups in total. The Morgan fingerprint density at radius 3 is 2.46 bits per heavy atom. The molecule has 8 rings (SSSR count). The summed E-state index contributed by atoms with van der Waals surface area (Å²) in [4.78, 5) is 14.3. The number of pyridine rings is 1. The van der Waals surface area contributed by atoms with Crippen molar-refractivity contribution in [1.29, 1.82) is 0 Å². The standard InChI is InChI=1S/C36H26N4O/c1-23-6-4-8-29(20-23)40-33-10-3-2-9-31(33)38-35(40)25-13-11-24(12-14-25)26-16-18-34-32(22-26)39-36(41-34)28-15-17-30-27(21-28)7-5-19-37-30/h2-19,21-23H,20H2,1H3. The van der Waals surface area contributed by atoms with Gasteiger partial charge in [0, 0.05) is 28.4 Å². The van der Waals surface area contributed by atoms with Crippen LogP contribution in [0.1, 0.15) is 13.3 Å². The first-order chi connectivity index (χ1) is 20.2. The summed E-state index contributed by atoms with van der Waals surface area (Å²) in [7, 11) is 0. The highest BCUT2D eigenvalue weighted by Gasteiger charge is 2.18. The summed E-state index contributed by atoms with van der Waals surface area (Å²) in [6.07, 6.45) is 9.41. The van der Waals surface area contributed by atoms with Crippen LogP contribution in [-0.4, -0.2) is 19.5 Å². The molecule has 3 heterocycles. The Labute approximate surface area is 237 Å². The zero-order valence-electron chi connectivity index (χ0n) is 22.5. The van der Waals surface area contributed by atoms with E-state index in [-0.39, 0.29) is 0 Å². The molecule has 0 spiro atoms. The van der Waals surface area contributed by atoms with Crippen LogP contribution in [0.5, 0.6) is 0 Å². The third-order valence-corrected chi connectivity index (χ3v) is 7.82. The molecule has 0 saturated carbocycles. The topological polar surface area (TPSA) is 56.7 Å². The van der Waals surface area contributed by atoms with Gasteiger partial charge in [-0.15, -0.1) is 0 Å². The van der Waals surface area contributed by atoms with Gasteiger partial charge in [0.05, 0.1) is 16.6 Å². The number of allylic oxidation sites excluding steroid dienone is 4. The van der Waals surface area contributed by atoms with E-state index in [0.717, 1.165) is 67.5 Å². The van der Waals surface area contributed by atoms with Crippen molar-refractivity contribution in [3.05, 3.63) is 121 Å². The lowest BCUT2D eigenvalue weighted by molar-refractivity contribution is 0.620. The highest BCUT2D eigenvalue weighted by atomic mass is 16.3. The summed E-state index contributed by atoms with van der Waals surface area (Å²) in [5, 5.41) is 1.06. The third-order valence-electron chi connectivity index (χ3n) is 7.82. The van der Waals surface area contributed by atoms with Crippen LogP contribution in [0, 0.1) is 5.92 Å². The number of aromatic nitrogens is 4. The molecule has 196 valence electrons. The molecule has 3 aromatic heterocycles. The zero-order valence-corrected chi connectivity index (χ0v) is 22.5. The second kappa shape index (κ2) is 9.42. The average molecular weight is 531 g/mol. The summed E-state index contributed by atoms with van der Waals surface area (Å²) in [6, 6.07) is 33.3. The van der Waals surface area contributed by atoms with Crippen molar-refractivity contribution >= 4 is 38.7 Å². The van der Waals surface area contributed by atoms with Crippen LogP contribution < -0.4 is 0 Å². The molecule has 1 aliphatic carbocycles. The Morgan fingerprint density at radius 2 is 1.56 bits per heavy atom. The molecule has 1 unspecified atom stereocenters. The number of para-hydroxylation sites is 2. The van der Waals surface area contributed by atoms with Crippen LogP contribution in [0.15, 0.2) is 126 Å². The molecule has 0 radical (unpaired) electrons. The molecule has 0 amide bonds. The van der Waals surface area contributed by atoms with E-state index in [1.807, 2.05) is 30.3 Å². The predicted octanol–water partition coefficient (Wildman–Crippen LogP) is 9.16. The lowest BCUT2D eigenvalue weighted by Crippen LogP contribution is -2.05. The molecule has 0 fully saturated rings. The fraction of sp³-hybridized carbons (Fsp3) is 0.0833. The van der Waals surface area contributed by atoms with Crippen molar-refractivity contribution in [2.75, 3.05) is 0 Å². The fourth-order valence-electron chi connectivity index (χ4n) is 5.75. The molecule has 0 bridgehead atoms. The summed E-state index contributed by atoms with van der Waals surface area (Å²) in [5.74, 6) is 2.07. The summed E-state index contributed by atoms with van der Waals surface area (Å²) < 4.78 is 8.44. The molecule has 5 heteroatoms. The van der Waals surface area contributed by atoms with E-state index in [2.05, 4.69) is 101 Å². The number of oxazole rings is 1. The molecule has 4 aromatic carbocycles. The van der Waals surface area contributed by atoms with Gasteiger partial charge in [-0.25, -0.2) is 9.97 Å². The smallest absolute Gasteiger partial charge is 0.227 e. The van der Waals surface area contributed by atoms with Gasteiger partial charge in [-0.3, -0.25) is 9.55 Å². The maximum absolute atomic E-state index is 6.13. The highest BCUT2D eigenvalue weighted by molar-refractivity contribution is 5.88. The number of benzene rings is 4. The first kappa shape index (κ1) is 23.6. The van der Waals surface area contributed by atoms with Crippen molar-refractivity contribution in [3.8, 4) is 34.0 Å².